The number of hydrogen-bond acceptors (Lipinski definition) is 6. The number of sulfonamides is 1. The average Bonchev–Trinajstić information content (AvgIpc) is 2.82. The summed E-state index contributed by atoms with van der Waals surface area (Å²) in [5.74, 6) is 0.533. The van der Waals surface area contributed by atoms with E-state index in [1.807, 2.05) is 12.1 Å². The van der Waals surface area contributed by atoms with Gasteiger partial charge in [0.15, 0.2) is 11.5 Å². The van der Waals surface area contributed by atoms with Crippen LogP contribution in [0.3, 0.4) is 0 Å². The molecule has 2 aromatic rings. The minimum absolute atomic E-state index is 0.123. The van der Waals surface area contributed by atoms with Crippen LogP contribution in [0.2, 0.25) is 0 Å². The molecule has 0 atom stereocenters. The van der Waals surface area contributed by atoms with Crippen LogP contribution in [-0.4, -0.2) is 58.7 Å². The standard InChI is InChI=1S/C23H28N2O6S/c1-3-12-31-21-9-8-18(15-22(21)29-2)23(26)24-16-19-6-4-5-7-20(19)17-32(27,28)25-10-13-30-14-11-25/h3-9,15H,1,10-14,16-17H2,2H3,(H,24,26). The maximum atomic E-state index is 12.8. The monoisotopic (exact) mass is 460 g/mol. The maximum absolute atomic E-state index is 12.8. The lowest BCUT2D eigenvalue weighted by Gasteiger charge is -2.26. The fourth-order valence-corrected chi connectivity index (χ4v) is 4.90. The average molecular weight is 461 g/mol. The molecule has 8 nitrogen and oxygen atoms in total. The number of carbonyl (C=O) groups is 1. The van der Waals surface area contributed by atoms with Crippen LogP contribution in [0.25, 0.3) is 0 Å². The lowest BCUT2D eigenvalue weighted by Crippen LogP contribution is -2.41. The summed E-state index contributed by atoms with van der Waals surface area (Å²) in [7, 11) is -1.97. The van der Waals surface area contributed by atoms with Gasteiger partial charge in [-0.05, 0) is 29.3 Å². The van der Waals surface area contributed by atoms with E-state index < -0.39 is 10.0 Å². The van der Waals surface area contributed by atoms with Gasteiger partial charge in [0.25, 0.3) is 5.91 Å². The number of rotatable bonds is 10. The fraction of sp³-hybridized carbons (Fsp3) is 0.348. The summed E-state index contributed by atoms with van der Waals surface area (Å²) in [4.78, 5) is 12.7. The second-order valence-corrected chi connectivity index (χ2v) is 9.15. The lowest BCUT2D eigenvalue weighted by atomic mass is 10.1. The molecule has 1 N–H and O–H groups in total. The van der Waals surface area contributed by atoms with Gasteiger partial charge >= 0.3 is 0 Å². The number of ether oxygens (including phenoxy) is 3. The molecule has 32 heavy (non-hydrogen) atoms. The first-order valence-corrected chi connectivity index (χ1v) is 11.9. The first kappa shape index (κ1) is 23.8. The van der Waals surface area contributed by atoms with Gasteiger partial charge in [0, 0.05) is 25.2 Å². The van der Waals surface area contributed by atoms with Crippen LogP contribution >= 0.6 is 0 Å². The molecule has 0 saturated carbocycles. The number of hydrogen-bond donors (Lipinski definition) is 1. The van der Waals surface area contributed by atoms with Crippen molar-refractivity contribution in [3.05, 3.63) is 71.8 Å². The Morgan fingerprint density at radius 2 is 1.88 bits per heavy atom. The Morgan fingerprint density at radius 3 is 2.56 bits per heavy atom. The zero-order valence-corrected chi connectivity index (χ0v) is 18.9. The lowest BCUT2D eigenvalue weighted by molar-refractivity contribution is 0.0729. The Labute approximate surface area is 188 Å². The van der Waals surface area contributed by atoms with Crippen molar-refractivity contribution in [2.75, 3.05) is 40.0 Å². The van der Waals surface area contributed by atoms with Crippen molar-refractivity contribution < 1.29 is 27.4 Å². The predicted octanol–water partition coefficient (Wildman–Crippen LogP) is 2.35. The highest BCUT2D eigenvalue weighted by Gasteiger charge is 2.25. The van der Waals surface area contributed by atoms with Crippen LogP contribution < -0.4 is 14.8 Å². The smallest absolute Gasteiger partial charge is 0.251 e. The van der Waals surface area contributed by atoms with Gasteiger partial charge in [-0.1, -0.05) is 36.9 Å². The minimum Gasteiger partial charge on any atom is -0.493 e. The zero-order valence-electron chi connectivity index (χ0n) is 18.1. The maximum Gasteiger partial charge on any atom is 0.251 e. The van der Waals surface area contributed by atoms with Crippen LogP contribution in [0.15, 0.2) is 55.1 Å². The Bertz CT molecular complexity index is 1050. The minimum atomic E-state index is -3.47. The van der Waals surface area contributed by atoms with Gasteiger partial charge in [0.2, 0.25) is 10.0 Å². The van der Waals surface area contributed by atoms with Crippen LogP contribution in [0.4, 0.5) is 0 Å². The molecule has 172 valence electrons. The summed E-state index contributed by atoms with van der Waals surface area (Å²) in [5.41, 5.74) is 1.81. The Kier molecular flexibility index (Phi) is 8.26. The molecule has 1 fully saturated rings. The van der Waals surface area contributed by atoms with E-state index in [0.29, 0.717) is 55.5 Å². The molecule has 0 aromatic heterocycles. The van der Waals surface area contributed by atoms with Crippen molar-refractivity contribution >= 4 is 15.9 Å². The molecule has 1 amide bonds. The van der Waals surface area contributed by atoms with Crippen LogP contribution in [0.1, 0.15) is 21.5 Å². The van der Waals surface area contributed by atoms with Crippen LogP contribution in [0.5, 0.6) is 11.5 Å². The quantitative estimate of drug-likeness (QED) is 0.547. The number of amides is 1. The third kappa shape index (κ3) is 6.09. The first-order valence-electron chi connectivity index (χ1n) is 10.3. The summed E-state index contributed by atoms with van der Waals surface area (Å²) in [5, 5.41) is 2.85. The summed E-state index contributed by atoms with van der Waals surface area (Å²) in [6.07, 6.45) is 1.62. The highest BCUT2D eigenvalue weighted by Crippen LogP contribution is 2.28. The van der Waals surface area contributed by atoms with Gasteiger partial charge in [-0.15, -0.1) is 0 Å². The molecular weight excluding hydrogens is 432 g/mol. The molecule has 3 rings (SSSR count). The zero-order chi connectivity index (χ0) is 23.0. The third-order valence-electron chi connectivity index (χ3n) is 5.04. The summed E-state index contributed by atoms with van der Waals surface area (Å²) >= 11 is 0. The molecule has 0 aliphatic carbocycles. The van der Waals surface area contributed by atoms with E-state index in [1.54, 1.807) is 36.4 Å². The topological polar surface area (TPSA) is 94.2 Å². The van der Waals surface area contributed by atoms with Gasteiger partial charge < -0.3 is 19.5 Å². The van der Waals surface area contributed by atoms with E-state index in [0.717, 1.165) is 5.56 Å². The van der Waals surface area contributed by atoms with E-state index in [9.17, 15) is 13.2 Å². The molecular formula is C23H28N2O6S. The summed E-state index contributed by atoms with van der Waals surface area (Å²) in [6.45, 7) is 5.65. The van der Waals surface area contributed by atoms with Crippen molar-refractivity contribution in [1.82, 2.24) is 9.62 Å². The predicted molar refractivity (Wildman–Crippen MR) is 121 cm³/mol. The third-order valence-corrected chi connectivity index (χ3v) is 6.87. The van der Waals surface area contributed by atoms with Crippen LogP contribution in [0, 0.1) is 0 Å². The van der Waals surface area contributed by atoms with Gasteiger partial charge in [0.1, 0.15) is 6.61 Å². The Hall–Kier alpha value is -2.88. The van der Waals surface area contributed by atoms with E-state index in [4.69, 9.17) is 14.2 Å². The van der Waals surface area contributed by atoms with Crippen molar-refractivity contribution in [2.24, 2.45) is 0 Å². The van der Waals surface area contributed by atoms with Crippen molar-refractivity contribution in [3.63, 3.8) is 0 Å². The normalized spacial score (nSPS) is 14.5. The van der Waals surface area contributed by atoms with Gasteiger partial charge in [-0.25, -0.2) is 8.42 Å². The summed E-state index contributed by atoms with van der Waals surface area (Å²) in [6, 6.07) is 12.1. The molecule has 0 spiro atoms. The number of morpholine rings is 1. The molecule has 1 aliphatic heterocycles. The van der Waals surface area contributed by atoms with E-state index >= 15 is 0 Å². The van der Waals surface area contributed by atoms with Gasteiger partial charge in [-0.3, -0.25) is 4.79 Å². The van der Waals surface area contributed by atoms with E-state index in [2.05, 4.69) is 11.9 Å². The number of methoxy groups -OCH3 is 1. The number of carbonyl (C=O) groups excluding carboxylic acids is 1. The van der Waals surface area contributed by atoms with E-state index in [-0.39, 0.29) is 18.2 Å². The Morgan fingerprint density at radius 1 is 1.16 bits per heavy atom. The molecule has 1 heterocycles. The summed E-state index contributed by atoms with van der Waals surface area (Å²) < 4.78 is 43.1. The number of nitrogens with one attached hydrogen (secondary N) is 1. The van der Waals surface area contributed by atoms with E-state index in [1.165, 1.54) is 11.4 Å². The molecule has 0 radical (unpaired) electrons. The van der Waals surface area contributed by atoms with Crippen LogP contribution in [-0.2, 0) is 27.1 Å². The highest BCUT2D eigenvalue weighted by molar-refractivity contribution is 7.88. The largest absolute Gasteiger partial charge is 0.493 e. The molecule has 0 bridgehead atoms. The molecule has 9 heteroatoms. The molecule has 1 aliphatic rings. The van der Waals surface area contributed by atoms with Gasteiger partial charge in [-0.2, -0.15) is 4.31 Å². The van der Waals surface area contributed by atoms with Crippen molar-refractivity contribution in [3.8, 4) is 11.5 Å². The molecule has 1 saturated heterocycles. The second-order valence-electron chi connectivity index (χ2n) is 7.18. The number of nitrogens with zero attached hydrogens (tertiary/aromatic N) is 1. The molecule has 0 unspecified atom stereocenters. The number of benzene rings is 2. The van der Waals surface area contributed by atoms with Crippen molar-refractivity contribution in [2.45, 2.75) is 12.3 Å². The Balaban J connectivity index is 1.68. The fourth-order valence-electron chi connectivity index (χ4n) is 3.34. The first-order chi connectivity index (χ1) is 15.4. The SMILES string of the molecule is C=CCOc1ccc(C(=O)NCc2ccccc2CS(=O)(=O)N2CCOCC2)cc1OC. The second kappa shape index (κ2) is 11.1. The van der Waals surface area contributed by atoms with Crippen molar-refractivity contribution in [1.29, 1.82) is 0 Å². The highest BCUT2D eigenvalue weighted by atomic mass is 32.2. The van der Waals surface area contributed by atoms with Gasteiger partial charge in [0.05, 0.1) is 26.1 Å². The molecule has 2 aromatic carbocycles.